The maximum atomic E-state index is 13.1. The number of carboxylic acid groups (broad SMARTS) is 1. The number of hydrogen-bond donors (Lipinski definition) is 3. The molecule has 0 aliphatic carbocycles. The lowest BCUT2D eigenvalue weighted by atomic mass is 9.98. The molecule has 0 amide bonds. The summed E-state index contributed by atoms with van der Waals surface area (Å²) in [6, 6.07) is 0. The molecule has 0 aromatic rings. The first-order valence-electron chi connectivity index (χ1n) is 30.2. The number of aliphatic hydroxyl groups is 2. The van der Waals surface area contributed by atoms with E-state index in [1.165, 1.54) is 57.8 Å². The highest BCUT2D eigenvalue weighted by Crippen LogP contribution is 2.26. The number of hydrogen-bond acceptors (Lipinski definition) is 11. The highest BCUT2D eigenvalue weighted by molar-refractivity contribution is 5.74. The molecule has 0 saturated carbocycles. The van der Waals surface area contributed by atoms with Crippen LogP contribution in [0.25, 0.3) is 0 Å². The van der Waals surface area contributed by atoms with Gasteiger partial charge in [-0.1, -0.05) is 219 Å². The molecule has 12 heteroatoms. The van der Waals surface area contributed by atoms with Crippen LogP contribution in [0, 0.1) is 0 Å². The van der Waals surface area contributed by atoms with Crippen molar-refractivity contribution >= 4 is 23.9 Å². The van der Waals surface area contributed by atoms with Crippen molar-refractivity contribution in [3.05, 3.63) is 134 Å². The molecule has 0 spiro atoms. The number of esters is 3. The molecule has 0 bridgehead atoms. The Labute approximate surface area is 477 Å². The van der Waals surface area contributed by atoms with E-state index in [-0.39, 0.29) is 25.9 Å². The van der Waals surface area contributed by atoms with Crippen LogP contribution in [0.15, 0.2) is 134 Å². The lowest BCUT2D eigenvalue weighted by molar-refractivity contribution is -0.301. The van der Waals surface area contributed by atoms with E-state index in [0.29, 0.717) is 25.7 Å². The summed E-state index contributed by atoms with van der Waals surface area (Å²) >= 11 is 0. The summed E-state index contributed by atoms with van der Waals surface area (Å²) in [7, 11) is 0. The van der Waals surface area contributed by atoms with Gasteiger partial charge in [0.25, 0.3) is 0 Å². The number of carboxylic acids is 1. The van der Waals surface area contributed by atoms with Crippen LogP contribution in [0.2, 0.25) is 0 Å². The third kappa shape index (κ3) is 43.4. The van der Waals surface area contributed by atoms with Gasteiger partial charge in [-0.05, 0) is 109 Å². The molecule has 0 aromatic carbocycles. The normalized spacial score (nSPS) is 18.8. The Morgan fingerprint density at radius 3 is 1.33 bits per heavy atom. The standard InChI is InChI=1S/C67H104O12/c1-4-7-10-13-16-19-22-25-28-30-33-35-38-41-44-47-50-53-59(68)75-56-58(77-60(69)54-51-48-45-42-39-36-32-27-24-21-18-15-12-9-6-3)57-76-67-65(63(72)62(71)64(79-67)66(73)74)78-61(70)55-52-49-46-43-40-37-34-31-29-26-23-20-17-14-11-8-5-2/h8-9,11-12,17-18,20-21,25-29,32,34,37,39,42-43,46,48,51,58,62-65,67,71-72H,4-7,10,13-16,19,22-24,30-31,33,35-36,38,40-41,44-45,47,49-50,52-57H2,1-3H3,(H,73,74)/b11-8-,12-9-,20-17-,21-18-,28-25-,29-26-,32-27-,37-34-,42-39-,46-43-,51-48-. The monoisotopic (exact) mass is 1100 g/mol. The smallest absolute Gasteiger partial charge is 0.335 e. The Morgan fingerprint density at radius 2 is 0.848 bits per heavy atom. The van der Waals surface area contributed by atoms with Gasteiger partial charge in [0.2, 0.25) is 0 Å². The maximum Gasteiger partial charge on any atom is 0.335 e. The predicted molar refractivity (Wildman–Crippen MR) is 321 cm³/mol. The fourth-order valence-electron chi connectivity index (χ4n) is 8.18. The molecule has 444 valence electrons. The zero-order chi connectivity index (χ0) is 57.5. The second-order valence-electron chi connectivity index (χ2n) is 19.9. The quantitative estimate of drug-likeness (QED) is 0.0228. The van der Waals surface area contributed by atoms with Gasteiger partial charge in [-0.2, -0.15) is 0 Å². The summed E-state index contributed by atoms with van der Waals surface area (Å²) < 4.78 is 28.2. The first-order valence-corrected chi connectivity index (χ1v) is 30.2. The molecule has 6 unspecified atom stereocenters. The fraction of sp³-hybridized carbons (Fsp3) is 0.612. The minimum Gasteiger partial charge on any atom is -0.479 e. The third-order valence-corrected chi connectivity index (χ3v) is 12.7. The molecule has 1 aliphatic rings. The van der Waals surface area contributed by atoms with Gasteiger partial charge in [0.1, 0.15) is 18.8 Å². The molecule has 0 aromatic heterocycles. The van der Waals surface area contributed by atoms with Gasteiger partial charge in [0.15, 0.2) is 24.6 Å². The largest absolute Gasteiger partial charge is 0.479 e. The first-order chi connectivity index (χ1) is 38.6. The van der Waals surface area contributed by atoms with Gasteiger partial charge in [0, 0.05) is 12.8 Å². The average Bonchev–Trinajstić information content (AvgIpc) is 3.43. The molecule has 1 fully saturated rings. The van der Waals surface area contributed by atoms with Crippen molar-refractivity contribution in [3.63, 3.8) is 0 Å². The zero-order valence-electron chi connectivity index (χ0n) is 48.8. The van der Waals surface area contributed by atoms with Crippen LogP contribution < -0.4 is 0 Å². The lowest BCUT2D eigenvalue weighted by Gasteiger charge is -2.40. The Kier molecular flexibility index (Phi) is 48.7. The molecule has 79 heavy (non-hydrogen) atoms. The van der Waals surface area contributed by atoms with Crippen LogP contribution in [0.1, 0.15) is 213 Å². The molecular weight excluding hydrogens is 997 g/mol. The number of allylic oxidation sites excluding steroid dienone is 21. The van der Waals surface area contributed by atoms with E-state index < -0.39 is 67.3 Å². The Hall–Kier alpha value is -5.14. The van der Waals surface area contributed by atoms with Gasteiger partial charge >= 0.3 is 23.9 Å². The molecular formula is C67H104O12. The molecule has 1 saturated heterocycles. The molecule has 12 nitrogen and oxygen atoms in total. The van der Waals surface area contributed by atoms with Crippen LogP contribution in [0.5, 0.6) is 0 Å². The molecule has 1 aliphatic heterocycles. The van der Waals surface area contributed by atoms with E-state index in [1.54, 1.807) is 6.08 Å². The zero-order valence-corrected chi connectivity index (χ0v) is 48.8. The number of aliphatic carboxylic acids is 1. The second-order valence-corrected chi connectivity index (χ2v) is 19.9. The van der Waals surface area contributed by atoms with Gasteiger partial charge in [0.05, 0.1) is 13.0 Å². The summed E-state index contributed by atoms with van der Waals surface area (Å²) in [6.45, 7) is 5.64. The summed E-state index contributed by atoms with van der Waals surface area (Å²) in [6.07, 6.45) is 63.1. The molecule has 0 radical (unpaired) electrons. The summed E-state index contributed by atoms with van der Waals surface area (Å²) in [4.78, 5) is 51.1. The van der Waals surface area contributed by atoms with E-state index >= 15 is 0 Å². The minimum atomic E-state index is -1.94. The van der Waals surface area contributed by atoms with Gasteiger partial charge < -0.3 is 39.0 Å². The van der Waals surface area contributed by atoms with Crippen LogP contribution >= 0.6 is 0 Å². The molecule has 6 atom stereocenters. The van der Waals surface area contributed by atoms with E-state index in [9.17, 15) is 34.5 Å². The number of ether oxygens (including phenoxy) is 5. The molecule has 1 heterocycles. The van der Waals surface area contributed by atoms with Gasteiger partial charge in [-0.15, -0.1) is 0 Å². The Morgan fingerprint density at radius 1 is 0.443 bits per heavy atom. The van der Waals surface area contributed by atoms with E-state index in [0.717, 1.165) is 89.9 Å². The maximum absolute atomic E-state index is 13.1. The van der Waals surface area contributed by atoms with Crippen LogP contribution in [0.4, 0.5) is 0 Å². The van der Waals surface area contributed by atoms with E-state index in [4.69, 9.17) is 23.7 Å². The van der Waals surface area contributed by atoms with Crippen molar-refractivity contribution in [2.24, 2.45) is 0 Å². The van der Waals surface area contributed by atoms with Crippen molar-refractivity contribution < 1.29 is 58.2 Å². The third-order valence-electron chi connectivity index (χ3n) is 12.7. The van der Waals surface area contributed by atoms with Crippen LogP contribution in [-0.4, -0.2) is 89.2 Å². The van der Waals surface area contributed by atoms with E-state index in [1.807, 2.05) is 30.4 Å². The van der Waals surface area contributed by atoms with Crippen molar-refractivity contribution in [3.8, 4) is 0 Å². The Balaban J connectivity index is 2.78. The molecule has 3 N–H and O–H groups in total. The van der Waals surface area contributed by atoms with Gasteiger partial charge in [-0.3, -0.25) is 14.4 Å². The number of rotatable bonds is 49. The minimum absolute atomic E-state index is 0.0358. The second kappa shape index (κ2) is 53.5. The first kappa shape index (κ1) is 71.9. The molecule has 1 rings (SSSR count). The SMILES string of the molecule is CC/C=C\C/C=C\C/C=C\C/C=C\C/C=C\CCCC(=O)OC1C(OCC(COC(=O)CCCCCCCCC/C=C\CCCCCCCC)OC(=O)C/C=C\C/C=C\C/C=C\C/C=C\C/C=C\CC)OC(C(=O)O)C(O)C1O. The van der Waals surface area contributed by atoms with Crippen molar-refractivity contribution in [2.45, 2.75) is 250 Å². The summed E-state index contributed by atoms with van der Waals surface area (Å²) in [5.74, 6) is -3.39. The number of carbonyl (C=O) groups is 4. The Bertz CT molecular complexity index is 1880. The van der Waals surface area contributed by atoms with Crippen molar-refractivity contribution in [1.82, 2.24) is 0 Å². The number of carbonyl (C=O) groups excluding carboxylic acids is 3. The average molecular weight is 1100 g/mol. The topological polar surface area (TPSA) is 175 Å². The van der Waals surface area contributed by atoms with Crippen LogP contribution in [0.3, 0.4) is 0 Å². The number of aliphatic hydroxyl groups excluding tert-OH is 2. The fourth-order valence-corrected chi connectivity index (χ4v) is 8.18. The van der Waals surface area contributed by atoms with Crippen molar-refractivity contribution in [1.29, 1.82) is 0 Å². The highest BCUT2D eigenvalue weighted by atomic mass is 16.7. The summed E-state index contributed by atoms with van der Waals surface area (Å²) in [5.41, 5.74) is 0. The summed E-state index contributed by atoms with van der Waals surface area (Å²) in [5, 5.41) is 31.5. The van der Waals surface area contributed by atoms with Crippen molar-refractivity contribution in [2.75, 3.05) is 13.2 Å². The van der Waals surface area contributed by atoms with Crippen LogP contribution in [-0.2, 0) is 42.9 Å². The highest BCUT2D eigenvalue weighted by Gasteiger charge is 2.50. The lowest BCUT2D eigenvalue weighted by Crippen LogP contribution is -2.61. The van der Waals surface area contributed by atoms with E-state index in [2.05, 4.69) is 118 Å². The predicted octanol–water partition coefficient (Wildman–Crippen LogP) is 15.8. The van der Waals surface area contributed by atoms with Gasteiger partial charge in [-0.25, -0.2) is 4.79 Å². The number of unbranched alkanes of at least 4 members (excludes halogenated alkanes) is 14.